The average molecular weight is 266 g/mol. The number of pyridine rings is 1. The van der Waals surface area contributed by atoms with Crippen LogP contribution in [0, 0.1) is 0 Å². The molecule has 3 aromatic rings. The Hall–Kier alpha value is -2.76. The zero-order valence-corrected chi connectivity index (χ0v) is 11.0. The fourth-order valence-electron chi connectivity index (χ4n) is 2.01. The van der Waals surface area contributed by atoms with Gasteiger partial charge in [-0.1, -0.05) is 18.2 Å². The van der Waals surface area contributed by atoms with E-state index in [9.17, 15) is 0 Å². The maximum absolute atomic E-state index is 4.36. The van der Waals surface area contributed by atoms with Crippen LogP contribution >= 0.6 is 0 Å². The SMILES string of the molecule is CC(Nc1ccccc1-n1cnnn1)c1ccccn1. The van der Waals surface area contributed by atoms with Crippen molar-refractivity contribution in [3.05, 3.63) is 60.7 Å². The Balaban J connectivity index is 1.88. The summed E-state index contributed by atoms with van der Waals surface area (Å²) in [5, 5.41) is 14.7. The molecule has 0 bridgehead atoms. The molecule has 2 heterocycles. The highest BCUT2D eigenvalue weighted by Gasteiger charge is 2.10. The molecule has 1 aromatic carbocycles. The van der Waals surface area contributed by atoms with Gasteiger partial charge in [-0.2, -0.15) is 4.68 Å². The topological polar surface area (TPSA) is 68.5 Å². The van der Waals surface area contributed by atoms with Crippen LogP contribution in [0.5, 0.6) is 0 Å². The van der Waals surface area contributed by atoms with Crippen LogP contribution in [0.4, 0.5) is 5.69 Å². The molecule has 6 heteroatoms. The summed E-state index contributed by atoms with van der Waals surface area (Å²) in [6.07, 6.45) is 3.37. The molecule has 0 aliphatic carbocycles. The molecule has 1 N–H and O–H groups in total. The van der Waals surface area contributed by atoms with E-state index in [1.54, 1.807) is 17.2 Å². The highest BCUT2D eigenvalue weighted by Crippen LogP contribution is 2.23. The lowest BCUT2D eigenvalue weighted by molar-refractivity contribution is 0.782. The van der Waals surface area contributed by atoms with Gasteiger partial charge in [-0.3, -0.25) is 4.98 Å². The normalized spacial score (nSPS) is 12.1. The van der Waals surface area contributed by atoms with Gasteiger partial charge in [0.1, 0.15) is 6.33 Å². The number of tetrazole rings is 1. The number of aromatic nitrogens is 5. The monoisotopic (exact) mass is 266 g/mol. The van der Waals surface area contributed by atoms with Gasteiger partial charge in [-0.05, 0) is 41.6 Å². The van der Waals surface area contributed by atoms with E-state index in [2.05, 4.69) is 32.7 Å². The van der Waals surface area contributed by atoms with E-state index in [1.807, 2.05) is 42.5 Å². The number of para-hydroxylation sites is 2. The summed E-state index contributed by atoms with van der Waals surface area (Å²) >= 11 is 0. The molecule has 1 unspecified atom stereocenters. The highest BCUT2D eigenvalue weighted by atomic mass is 15.5. The Morgan fingerprint density at radius 3 is 2.70 bits per heavy atom. The van der Waals surface area contributed by atoms with E-state index in [0.717, 1.165) is 17.1 Å². The quantitative estimate of drug-likeness (QED) is 0.784. The van der Waals surface area contributed by atoms with Crippen molar-refractivity contribution in [2.24, 2.45) is 0 Å². The molecule has 0 saturated carbocycles. The smallest absolute Gasteiger partial charge is 0.143 e. The molecule has 0 fully saturated rings. The summed E-state index contributed by atoms with van der Waals surface area (Å²) in [6.45, 7) is 2.07. The van der Waals surface area contributed by atoms with Crippen LogP contribution in [0.25, 0.3) is 5.69 Å². The third kappa shape index (κ3) is 2.49. The number of anilines is 1. The third-order valence-corrected chi connectivity index (χ3v) is 3.00. The van der Waals surface area contributed by atoms with Gasteiger partial charge in [0.2, 0.25) is 0 Å². The van der Waals surface area contributed by atoms with Crippen LogP contribution in [0.2, 0.25) is 0 Å². The molecule has 2 aromatic heterocycles. The number of nitrogens with one attached hydrogen (secondary N) is 1. The van der Waals surface area contributed by atoms with E-state index in [1.165, 1.54) is 0 Å². The van der Waals surface area contributed by atoms with E-state index < -0.39 is 0 Å². The zero-order valence-electron chi connectivity index (χ0n) is 11.0. The van der Waals surface area contributed by atoms with Gasteiger partial charge in [0.05, 0.1) is 23.1 Å². The fraction of sp³-hybridized carbons (Fsp3) is 0.143. The van der Waals surface area contributed by atoms with Gasteiger partial charge in [0.15, 0.2) is 0 Å². The van der Waals surface area contributed by atoms with E-state index >= 15 is 0 Å². The Bertz CT molecular complexity index is 665. The largest absolute Gasteiger partial charge is 0.375 e. The van der Waals surface area contributed by atoms with Crippen LogP contribution in [-0.4, -0.2) is 25.2 Å². The second kappa shape index (κ2) is 5.48. The van der Waals surface area contributed by atoms with Gasteiger partial charge in [0.25, 0.3) is 0 Å². The first-order chi connectivity index (χ1) is 9.84. The fourth-order valence-corrected chi connectivity index (χ4v) is 2.01. The van der Waals surface area contributed by atoms with Crippen molar-refractivity contribution >= 4 is 5.69 Å². The zero-order chi connectivity index (χ0) is 13.8. The van der Waals surface area contributed by atoms with Crippen LogP contribution < -0.4 is 5.32 Å². The first-order valence-corrected chi connectivity index (χ1v) is 6.34. The summed E-state index contributed by atoms with van der Waals surface area (Å²) in [7, 11) is 0. The first-order valence-electron chi connectivity index (χ1n) is 6.34. The molecule has 6 nitrogen and oxygen atoms in total. The number of hydrogen-bond acceptors (Lipinski definition) is 5. The van der Waals surface area contributed by atoms with E-state index in [-0.39, 0.29) is 6.04 Å². The molecule has 0 spiro atoms. The second-order valence-corrected chi connectivity index (χ2v) is 4.39. The molecule has 3 rings (SSSR count). The van der Waals surface area contributed by atoms with Gasteiger partial charge < -0.3 is 5.32 Å². The molecule has 0 saturated heterocycles. The molecular formula is C14H14N6. The Kier molecular flexibility index (Phi) is 3.36. The molecule has 1 atom stereocenters. The summed E-state index contributed by atoms with van der Waals surface area (Å²) in [4.78, 5) is 4.36. The van der Waals surface area contributed by atoms with Crippen molar-refractivity contribution in [1.82, 2.24) is 25.2 Å². The van der Waals surface area contributed by atoms with Gasteiger partial charge in [-0.25, -0.2) is 0 Å². The molecule has 0 amide bonds. The number of rotatable bonds is 4. The van der Waals surface area contributed by atoms with Crippen molar-refractivity contribution in [3.63, 3.8) is 0 Å². The van der Waals surface area contributed by atoms with Gasteiger partial charge in [0, 0.05) is 6.20 Å². The van der Waals surface area contributed by atoms with Crippen molar-refractivity contribution in [1.29, 1.82) is 0 Å². The summed E-state index contributed by atoms with van der Waals surface area (Å²) in [5.74, 6) is 0. The van der Waals surface area contributed by atoms with Crippen LogP contribution in [0.1, 0.15) is 18.7 Å². The molecule has 0 aliphatic rings. The van der Waals surface area contributed by atoms with Crippen molar-refractivity contribution < 1.29 is 0 Å². The van der Waals surface area contributed by atoms with Gasteiger partial charge in [-0.15, -0.1) is 5.10 Å². The summed E-state index contributed by atoms with van der Waals surface area (Å²) in [6, 6.07) is 13.9. The maximum atomic E-state index is 4.36. The maximum Gasteiger partial charge on any atom is 0.143 e. The van der Waals surface area contributed by atoms with E-state index in [0.29, 0.717) is 0 Å². The second-order valence-electron chi connectivity index (χ2n) is 4.39. The predicted molar refractivity (Wildman–Crippen MR) is 75.4 cm³/mol. The third-order valence-electron chi connectivity index (χ3n) is 3.00. The average Bonchev–Trinajstić information content (AvgIpc) is 3.03. The van der Waals surface area contributed by atoms with Crippen molar-refractivity contribution in [3.8, 4) is 5.69 Å². The highest BCUT2D eigenvalue weighted by molar-refractivity contribution is 5.61. The number of nitrogens with zero attached hydrogens (tertiary/aromatic N) is 5. The summed E-state index contributed by atoms with van der Waals surface area (Å²) < 4.78 is 1.63. The number of hydrogen-bond donors (Lipinski definition) is 1. The Labute approximate surface area is 116 Å². The minimum absolute atomic E-state index is 0.0915. The molecule has 20 heavy (non-hydrogen) atoms. The lowest BCUT2D eigenvalue weighted by atomic mass is 10.2. The minimum atomic E-state index is 0.0915. The van der Waals surface area contributed by atoms with Crippen molar-refractivity contribution in [2.45, 2.75) is 13.0 Å². The van der Waals surface area contributed by atoms with Crippen LogP contribution in [-0.2, 0) is 0 Å². The Morgan fingerprint density at radius 2 is 1.95 bits per heavy atom. The van der Waals surface area contributed by atoms with Gasteiger partial charge >= 0.3 is 0 Å². The predicted octanol–water partition coefficient (Wildman–Crippen LogP) is 2.23. The lowest BCUT2D eigenvalue weighted by Gasteiger charge is -2.17. The molecule has 100 valence electrons. The Morgan fingerprint density at radius 1 is 1.10 bits per heavy atom. The molecule has 0 aliphatic heterocycles. The standard InChI is InChI=1S/C14H14N6/c1-11(12-6-4-5-9-15-12)17-13-7-2-3-8-14(13)20-10-16-18-19-20/h2-11,17H,1H3. The van der Waals surface area contributed by atoms with Crippen molar-refractivity contribution in [2.75, 3.05) is 5.32 Å². The van der Waals surface area contributed by atoms with Crippen LogP contribution in [0.15, 0.2) is 55.0 Å². The van der Waals surface area contributed by atoms with E-state index in [4.69, 9.17) is 0 Å². The molecular weight excluding hydrogens is 252 g/mol. The lowest BCUT2D eigenvalue weighted by Crippen LogP contribution is -2.10. The molecule has 0 radical (unpaired) electrons. The number of benzene rings is 1. The van der Waals surface area contributed by atoms with Crippen LogP contribution in [0.3, 0.4) is 0 Å². The summed E-state index contributed by atoms with van der Waals surface area (Å²) in [5.41, 5.74) is 2.84. The first kappa shape index (κ1) is 12.3. The minimum Gasteiger partial charge on any atom is -0.375 e.